The van der Waals surface area contributed by atoms with Crippen molar-refractivity contribution in [3.05, 3.63) is 0 Å². The first-order chi connectivity index (χ1) is 6.72. The van der Waals surface area contributed by atoms with Crippen LogP contribution in [0.4, 0.5) is 0 Å². The van der Waals surface area contributed by atoms with Gasteiger partial charge in [0.05, 0.1) is 0 Å². The van der Waals surface area contributed by atoms with Crippen molar-refractivity contribution in [1.29, 1.82) is 0 Å². The molecule has 1 rings (SSSR count). The Bertz CT molecular complexity index is 146. The third kappa shape index (κ3) is 4.47. The van der Waals surface area contributed by atoms with Gasteiger partial charge in [-0.2, -0.15) is 0 Å². The van der Waals surface area contributed by atoms with Crippen LogP contribution < -0.4 is 5.73 Å². The molecule has 1 aliphatic rings. The summed E-state index contributed by atoms with van der Waals surface area (Å²) in [6, 6.07) is 0. The monoisotopic (exact) mass is 196 g/mol. The molecular formula is C11H25BN2. The van der Waals surface area contributed by atoms with Gasteiger partial charge in [-0.05, 0) is 44.7 Å². The fourth-order valence-corrected chi connectivity index (χ4v) is 2.49. The minimum Gasteiger partial charge on any atom is -0.331 e. The second-order valence-electron chi connectivity index (χ2n) is 5.07. The van der Waals surface area contributed by atoms with Crippen LogP contribution in [0.3, 0.4) is 0 Å². The third-order valence-electron chi connectivity index (χ3n) is 3.32. The maximum atomic E-state index is 5.63. The summed E-state index contributed by atoms with van der Waals surface area (Å²) in [6.45, 7) is 3.26. The Kier molecular flexibility index (Phi) is 5.57. The summed E-state index contributed by atoms with van der Waals surface area (Å²) >= 11 is 0. The van der Waals surface area contributed by atoms with Crippen LogP contribution in [0.15, 0.2) is 0 Å². The Hall–Kier alpha value is -0.0151. The summed E-state index contributed by atoms with van der Waals surface area (Å²) in [5.41, 5.74) is 5.63. The highest BCUT2D eigenvalue weighted by molar-refractivity contribution is 6.12. The van der Waals surface area contributed by atoms with Crippen LogP contribution >= 0.6 is 0 Å². The summed E-state index contributed by atoms with van der Waals surface area (Å²) in [4.78, 5) is 2.47. The van der Waals surface area contributed by atoms with Gasteiger partial charge in [-0.15, -0.1) is 0 Å². The van der Waals surface area contributed by atoms with Crippen molar-refractivity contribution in [1.82, 2.24) is 4.90 Å². The van der Waals surface area contributed by atoms with Gasteiger partial charge in [0.2, 0.25) is 0 Å². The average Bonchev–Trinajstić information content (AvgIpc) is 2.19. The highest BCUT2D eigenvalue weighted by Crippen LogP contribution is 2.24. The van der Waals surface area contributed by atoms with E-state index in [2.05, 4.69) is 19.8 Å². The molecule has 1 fully saturated rings. The second kappa shape index (κ2) is 6.47. The van der Waals surface area contributed by atoms with Gasteiger partial charge < -0.3 is 10.6 Å². The molecule has 0 bridgehead atoms. The van der Waals surface area contributed by atoms with E-state index < -0.39 is 0 Å². The van der Waals surface area contributed by atoms with E-state index in [-0.39, 0.29) is 0 Å². The predicted octanol–water partition coefficient (Wildman–Crippen LogP) is 0.879. The standard InChI is InChI=1S/C11H25BN2/c1-14(9-11(12)7-13)8-10-5-3-2-4-6-10/h10-11H,2-9,12-13H2,1H3. The maximum absolute atomic E-state index is 5.63. The lowest BCUT2D eigenvalue weighted by atomic mass is 9.86. The van der Waals surface area contributed by atoms with Gasteiger partial charge >= 0.3 is 0 Å². The zero-order chi connectivity index (χ0) is 10.4. The quantitative estimate of drug-likeness (QED) is 0.661. The minimum atomic E-state index is 0.642. The molecule has 14 heavy (non-hydrogen) atoms. The number of nitrogens with two attached hydrogens (primary N) is 1. The largest absolute Gasteiger partial charge is 0.331 e. The molecule has 0 aromatic carbocycles. The summed E-state index contributed by atoms with van der Waals surface area (Å²) in [7, 11) is 4.47. The molecule has 0 radical (unpaired) electrons. The molecule has 1 unspecified atom stereocenters. The first-order valence-corrected chi connectivity index (χ1v) is 6.11. The molecule has 0 aromatic rings. The molecule has 1 saturated carbocycles. The van der Waals surface area contributed by atoms with Crippen molar-refractivity contribution in [2.75, 3.05) is 26.7 Å². The Balaban J connectivity index is 2.14. The normalized spacial score (nSPS) is 21.4. The molecule has 0 spiro atoms. The van der Waals surface area contributed by atoms with E-state index in [1.165, 1.54) is 38.6 Å². The molecule has 0 aromatic heterocycles. The van der Waals surface area contributed by atoms with Crippen molar-refractivity contribution in [3.8, 4) is 0 Å². The Labute approximate surface area is 89.6 Å². The zero-order valence-electron chi connectivity index (χ0n) is 9.84. The van der Waals surface area contributed by atoms with Gasteiger partial charge in [0.15, 0.2) is 0 Å². The van der Waals surface area contributed by atoms with E-state index in [0.717, 1.165) is 19.0 Å². The molecule has 1 aliphatic carbocycles. The van der Waals surface area contributed by atoms with Crippen molar-refractivity contribution >= 4 is 7.85 Å². The molecule has 2 N–H and O–H groups in total. The summed E-state index contributed by atoms with van der Waals surface area (Å²) in [6.07, 6.45) is 7.25. The minimum absolute atomic E-state index is 0.642. The van der Waals surface area contributed by atoms with Crippen molar-refractivity contribution < 1.29 is 0 Å². The summed E-state index contributed by atoms with van der Waals surface area (Å²) in [5, 5.41) is 0. The smallest absolute Gasteiger partial charge is 0.108 e. The van der Waals surface area contributed by atoms with Gasteiger partial charge in [-0.25, -0.2) is 0 Å². The topological polar surface area (TPSA) is 29.3 Å². The molecule has 2 nitrogen and oxygen atoms in total. The average molecular weight is 196 g/mol. The van der Waals surface area contributed by atoms with Gasteiger partial charge in [0.25, 0.3) is 0 Å². The van der Waals surface area contributed by atoms with Crippen LogP contribution in [0.2, 0.25) is 5.82 Å². The Morgan fingerprint density at radius 2 is 2.00 bits per heavy atom. The van der Waals surface area contributed by atoms with Crippen molar-refractivity contribution in [3.63, 3.8) is 0 Å². The van der Waals surface area contributed by atoms with E-state index in [4.69, 9.17) is 5.73 Å². The lowest BCUT2D eigenvalue weighted by molar-refractivity contribution is 0.233. The molecule has 3 heteroatoms. The highest BCUT2D eigenvalue weighted by atomic mass is 15.1. The lowest BCUT2D eigenvalue weighted by Gasteiger charge is -2.28. The van der Waals surface area contributed by atoms with E-state index in [1.54, 1.807) is 0 Å². The van der Waals surface area contributed by atoms with Crippen LogP contribution in [-0.2, 0) is 0 Å². The van der Waals surface area contributed by atoms with Gasteiger partial charge in [0, 0.05) is 6.54 Å². The molecule has 0 amide bonds. The second-order valence-corrected chi connectivity index (χ2v) is 5.07. The number of hydrogen-bond acceptors (Lipinski definition) is 2. The molecule has 1 atom stereocenters. The molecule has 0 saturated heterocycles. The molecule has 82 valence electrons. The van der Waals surface area contributed by atoms with Crippen molar-refractivity contribution in [2.24, 2.45) is 11.7 Å². The number of nitrogens with zero attached hydrogens (tertiary/aromatic N) is 1. The maximum Gasteiger partial charge on any atom is 0.108 e. The van der Waals surface area contributed by atoms with Gasteiger partial charge in [0.1, 0.15) is 7.85 Å². The van der Waals surface area contributed by atoms with Crippen LogP contribution in [0.1, 0.15) is 32.1 Å². The van der Waals surface area contributed by atoms with E-state index in [1.807, 2.05) is 0 Å². The van der Waals surface area contributed by atoms with Crippen molar-refractivity contribution in [2.45, 2.75) is 37.9 Å². The molecular weight excluding hydrogens is 171 g/mol. The van der Waals surface area contributed by atoms with Gasteiger partial charge in [-0.3, -0.25) is 0 Å². The van der Waals surface area contributed by atoms with Crippen LogP contribution in [0.5, 0.6) is 0 Å². The lowest BCUT2D eigenvalue weighted by Crippen LogP contribution is -2.31. The Morgan fingerprint density at radius 1 is 1.36 bits per heavy atom. The molecule has 0 aliphatic heterocycles. The van der Waals surface area contributed by atoms with E-state index in [0.29, 0.717) is 5.82 Å². The first kappa shape index (κ1) is 12.1. The summed E-state index contributed by atoms with van der Waals surface area (Å²) in [5.74, 6) is 1.60. The SMILES string of the molecule is BC(CN)CN(C)CC1CCCCC1. The van der Waals surface area contributed by atoms with Crippen LogP contribution in [-0.4, -0.2) is 39.4 Å². The summed E-state index contributed by atoms with van der Waals surface area (Å²) < 4.78 is 0. The predicted molar refractivity (Wildman–Crippen MR) is 65.4 cm³/mol. The van der Waals surface area contributed by atoms with E-state index >= 15 is 0 Å². The van der Waals surface area contributed by atoms with E-state index in [9.17, 15) is 0 Å². The van der Waals surface area contributed by atoms with Gasteiger partial charge in [-0.1, -0.05) is 19.3 Å². The Morgan fingerprint density at radius 3 is 2.57 bits per heavy atom. The van der Waals surface area contributed by atoms with Crippen LogP contribution in [0, 0.1) is 5.92 Å². The van der Waals surface area contributed by atoms with Crippen LogP contribution in [0.25, 0.3) is 0 Å². The number of hydrogen-bond donors (Lipinski definition) is 1. The highest BCUT2D eigenvalue weighted by Gasteiger charge is 2.15. The third-order valence-corrected chi connectivity index (χ3v) is 3.32. The fourth-order valence-electron chi connectivity index (χ4n) is 2.49. The molecule has 0 heterocycles. The fraction of sp³-hybridized carbons (Fsp3) is 1.00. The number of rotatable bonds is 5. The first-order valence-electron chi connectivity index (χ1n) is 6.11. The zero-order valence-corrected chi connectivity index (χ0v) is 9.84.